The van der Waals surface area contributed by atoms with Crippen LogP contribution in [0.15, 0.2) is 40.9 Å². The van der Waals surface area contributed by atoms with Crippen LogP contribution >= 0.6 is 24.0 Å². The van der Waals surface area contributed by atoms with Crippen LogP contribution in [0.25, 0.3) is 0 Å². The quantitative estimate of drug-likeness (QED) is 0.477. The molecule has 1 aliphatic heterocycles. The zero-order valence-electron chi connectivity index (χ0n) is 13.9. The van der Waals surface area contributed by atoms with Crippen molar-refractivity contribution in [2.75, 3.05) is 4.90 Å². The highest BCUT2D eigenvalue weighted by Gasteiger charge is 2.35. The lowest BCUT2D eigenvalue weighted by Gasteiger charge is -2.37. The molecule has 0 saturated carbocycles. The van der Waals surface area contributed by atoms with Crippen molar-refractivity contribution < 1.29 is 9.72 Å². The molecule has 1 unspecified atom stereocenters. The molecular formula is C17H14N4O3S2. The minimum atomic E-state index is -0.687. The van der Waals surface area contributed by atoms with Crippen LogP contribution in [0.2, 0.25) is 0 Å². The van der Waals surface area contributed by atoms with Crippen molar-refractivity contribution >= 4 is 40.6 Å². The number of anilines is 1. The number of benzene rings is 1. The zero-order valence-corrected chi connectivity index (χ0v) is 15.6. The number of rotatable bonds is 3. The van der Waals surface area contributed by atoms with Gasteiger partial charge in [-0.25, -0.2) is 0 Å². The number of carbonyl (C=O) groups excluding carboxylic acids is 1. The average molecular weight is 386 g/mol. The van der Waals surface area contributed by atoms with Gasteiger partial charge in [-0.15, -0.1) is 12.6 Å². The minimum Gasteiger partial charge on any atom is -0.326 e. The summed E-state index contributed by atoms with van der Waals surface area (Å²) in [7, 11) is 0. The van der Waals surface area contributed by atoms with Crippen LogP contribution in [-0.2, 0) is 4.79 Å². The molecule has 132 valence electrons. The first-order valence-corrected chi connectivity index (χ1v) is 8.84. The number of amides is 1. The third-order valence-electron chi connectivity index (χ3n) is 4.15. The summed E-state index contributed by atoms with van der Waals surface area (Å²) in [6.07, 6.45) is -0.687. The fraction of sp³-hybridized carbons (Fsp3) is 0.176. The number of hydrogen-bond acceptors (Lipinski definition) is 7. The van der Waals surface area contributed by atoms with E-state index in [1.807, 2.05) is 38.1 Å². The van der Waals surface area contributed by atoms with E-state index in [9.17, 15) is 20.2 Å². The maximum Gasteiger partial charge on any atom is 0.324 e. The van der Waals surface area contributed by atoms with Gasteiger partial charge in [0.2, 0.25) is 0 Å². The first-order chi connectivity index (χ1) is 12.3. The summed E-state index contributed by atoms with van der Waals surface area (Å²) in [5, 5.41) is 23.2. The summed E-state index contributed by atoms with van der Waals surface area (Å²) >= 11 is 5.38. The van der Waals surface area contributed by atoms with Crippen molar-refractivity contribution in [3.8, 4) is 6.07 Å². The van der Waals surface area contributed by atoms with Crippen molar-refractivity contribution in [1.82, 2.24) is 5.32 Å². The monoisotopic (exact) mass is 386 g/mol. The summed E-state index contributed by atoms with van der Waals surface area (Å²) in [6, 6.07) is 10.6. The predicted octanol–water partition coefficient (Wildman–Crippen LogP) is 3.57. The second-order valence-electron chi connectivity index (χ2n) is 5.76. The summed E-state index contributed by atoms with van der Waals surface area (Å²) in [6.45, 7) is 3.94. The van der Waals surface area contributed by atoms with Crippen molar-refractivity contribution in [2.24, 2.45) is 0 Å². The summed E-state index contributed by atoms with van der Waals surface area (Å²) in [5.74, 6) is -0.557. The van der Waals surface area contributed by atoms with Crippen LogP contribution in [0.5, 0.6) is 0 Å². The van der Waals surface area contributed by atoms with Crippen LogP contribution in [0.3, 0.4) is 0 Å². The molecule has 1 atom stereocenters. The van der Waals surface area contributed by atoms with Gasteiger partial charge in [0.25, 0.3) is 5.91 Å². The van der Waals surface area contributed by atoms with Gasteiger partial charge >= 0.3 is 5.00 Å². The second-order valence-corrected chi connectivity index (χ2v) is 7.28. The summed E-state index contributed by atoms with van der Waals surface area (Å²) in [4.78, 5) is 25.1. The maximum absolute atomic E-state index is 12.3. The average Bonchev–Trinajstić information content (AvgIpc) is 3.08. The van der Waals surface area contributed by atoms with E-state index in [1.54, 1.807) is 11.0 Å². The Hall–Kier alpha value is -2.83. The van der Waals surface area contributed by atoms with Crippen LogP contribution in [0, 0.1) is 35.3 Å². The standard InChI is InChI=1S/C17H14N4O3S2/c1-9-3-4-11(7-10(9)2)20-15(13-5-6-14(26-13)21(23)24)19-16(22)12(8-18)17(20)25/h3-7,15,25H,1-2H3,(H,19,22). The molecule has 2 heterocycles. The lowest BCUT2D eigenvalue weighted by Crippen LogP contribution is -2.45. The number of nitro groups is 1. The van der Waals surface area contributed by atoms with E-state index in [1.165, 1.54) is 6.07 Å². The molecule has 0 saturated heterocycles. The molecule has 0 spiro atoms. The molecule has 1 aromatic heterocycles. The molecule has 1 aliphatic rings. The zero-order chi connectivity index (χ0) is 19.0. The predicted molar refractivity (Wildman–Crippen MR) is 102 cm³/mol. The van der Waals surface area contributed by atoms with Gasteiger partial charge in [-0.05, 0) is 43.2 Å². The first kappa shape index (κ1) is 18.0. The van der Waals surface area contributed by atoms with Crippen molar-refractivity contribution in [2.45, 2.75) is 20.0 Å². The molecule has 7 nitrogen and oxygen atoms in total. The van der Waals surface area contributed by atoms with Gasteiger partial charge in [-0.3, -0.25) is 14.9 Å². The fourth-order valence-electron chi connectivity index (χ4n) is 2.64. The number of thiol groups is 1. The van der Waals surface area contributed by atoms with Gasteiger partial charge in [-0.2, -0.15) is 5.26 Å². The number of nitriles is 1. The van der Waals surface area contributed by atoms with Crippen LogP contribution in [0.4, 0.5) is 10.7 Å². The molecule has 26 heavy (non-hydrogen) atoms. The summed E-state index contributed by atoms with van der Waals surface area (Å²) < 4.78 is 0. The molecule has 1 amide bonds. The molecule has 0 bridgehead atoms. The molecule has 1 N–H and O–H groups in total. The molecule has 3 rings (SSSR count). The van der Waals surface area contributed by atoms with E-state index in [4.69, 9.17) is 0 Å². The van der Waals surface area contributed by atoms with Gasteiger partial charge in [0.1, 0.15) is 17.8 Å². The van der Waals surface area contributed by atoms with Crippen LogP contribution < -0.4 is 10.2 Å². The highest BCUT2D eigenvalue weighted by atomic mass is 32.1. The topological polar surface area (TPSA) is 99.3 Å². The number of carbonyl (C=O) groups is 1. The lowest BCUT2D eigenvalue weighted by molar-refractivity contribution is -0.380. The Labute approximate surface area is 159 Å². The molecule has 2 aromatic rings. The Morgan fingerprint density at radius 3 is 2.62 bits per heavy atom. The molecule has 9 heteroatoms. The molecule has 0 aliphatic carbocycles. The highest BCUT2D eigenvalue weighted by Crippen LogP contribution is 2.39. The minimum absolute atomic E-state index is 0.0231. The Kier molecular flexibility index (Phi) is 4.71. The number of hydrogen-bond donors (Lipinski definition) is 2. The van der Waals surface area contributed by atoms with Gasteiger partial charge in [0.05, 0.1) is 14.8 Å². The van der Waals surface area contributed by atoms with Gasteiger partial charge in [0, 0.05) is 11.8 Å². The normalized spacial score (nSPS) is 17.1. The Balaban J connectivity index is 2.16. The van der Waals surface area contributed by atoms with Crippen LogP contribution in [-0.4, -0.2) is 10.8 Å². The Morgan fingerprint density at radius 1 is 1.31 bits per heavy atom. The van der Waals surface area contributed by atoms with E-state index in [2.05, 4.69) is 17.9 Å². The molecule has 0 fully saturated rings. The third-order valence-corrected chi connectivity index (χ3v) is 5.68. The lowest BCUT2D eigenvalue weighted by atomic mass is 10.1. The smallest absolute Gasteiger partial charge is 0.324 e. The SMILES string of the molecule is Cc1ccc(N2C(S)=C(C#N)C(=O)NC2c2ccc([N+](=O)[O-])s2)cc1C. The van der Waals surface area contributed by atoms with Crippen molar-refractivity contribution in [3.05, 3.63) is 67.1 Å². The number of thiophene rings is 1. The van der Waals surface area contributed by atoms with E-state index in [0.29, 0.717) is 4.88 Å². The van der Waals surface area contributed by atoms with E-state index < -0.39 is 17.0 Å². The number of nitrogens with zero attached hydrogens (tertiary/aromatic N) is 3. The van der Waals surface area contributed by atoms with Gasteiger partial charge in [-0.1, -0.05) is 17.4 Å². The fourth-order valence-corrected chi connectivity index (χ4v) is 3.89. The van der Waals surface area contributed by atoms with Gasteiger partial charge in [0.15, 0.2) is 0 Å². The highest BCUT2D eigenvalue weighted by molar-refractivity contribution is 7.84. The van der Waals surface area contributed by atoms with Gasteiger partial charge < -0.3 is 10.2 Å². The van der Waals surface area contributed by atoms with E-state index in [-0.39, 0.29) is 15.6 Å². The maximum atomic E-state index is 12.3. The molecule has 0 radical (unpaired) electrons. The largest absolute Gasteiger partial charge is 0.326 e. The number of aryl methyl sites for hydroxylation is 2. The Morgan fingerprint density at radius 2 is 2.04 bits per heavy atom. The Bertz CT molecular complexity index is 990. The van der Waals surface area contributed by atoms with Crippen LogP contribution in [0.1, 0.15) is 22.2 Å². The van der Waals surface area contributed by atoms with E-state index >= 15 is 0 Å². The van der Waals surface area contributed by atoms with E-state index in [0.717, 1.165) is 28.2 Å². The number of nitrogens with one attached hydrogen (secondary N) is 1. The van der Waals surface area contributed by atoms with Crippen molar-refractivity contribution in [3.63, 3.8) is 0 Å². The molecular weight excluding hydrogens is 372 g/mol. The van der Waals surface area contributed by atoms with Crippen molar-refractivity contribution in [1.29, 1.82) is 5.26 Å². The summed E-state index contributed by atoms with van der Waals surface area (Å²) in [5.41, 5.74) is 2.76. The molecule has 1 aromatic carbocycles. The first-order valence-electron chi connectivity index (χ1n) is 7.58. The third kappa shape index (κ3) is 3.05. The second kappa shape index (κ2) is 6.82.